The zero-order chi connectivity index (χ0) is 18.8. The van der Waals surface area contributed by atoms with E-state index in [0.717, 1.165) is 0 Å². The van der Waals surface area contributed by atoms with Crippen LogP contribution in [0, 0.1) is 16.6 Å². The number of carbonyl (C=O) groups excluding carboxylic acids is 2. The van der Waals surface area contributed by atoms with Crippen molar-refractivity contribution >= 4 is 11.8 Å². The van der Waals surface area contributed by atoms with Crippen LogP contribution in [0.2, 0.25) is 0 Å². The van der Waals surface area contributed by atoms with Gasteiger partial charge in [-0.05, 0) is 43.7 Å². The summed E-state index contributed by atoms with van der Waals surface area (Å²) in [6.07, 6.45) is 2.69. The predicted octanol–water partition coefficient (Wildman–Crippen LogP) is 2.28. The number of piperidine rings is 1. The molecule has 3 rings (SSSR count). The molecule has 2 fully saturated rings. The lowest BCUT2D eigenvalue weighted by molar-refractivity contribution is -0.152. The first-order valence-electron chi connectivity index (χ1n) is 9.27. The Labute approximate surface area is 153 Å². The number of nitrogens with zero attached hydrogens (tertiary/aromatic N) is 1. The molecule has 5 nitrogen and oxygen atoms in total. The fourth-order valence-electron chi connectivity index (χ4n) is 4.02. The molecule has 0 atom stereocenters. The lowest BCUT2D eigenvalue weighted by Gasteiger charge is -2.44. The van der Waals surface area contributed by atoms with Crippen LogP contribution in [0.1, 0.15) is 38.2 Å². The molecular formula is C20H27FN2O3. The van der Waals surface area contributed by atoms with Crippen LogP contribution in [0.15, 0.2) is 24.3 Å². The van der Waals surface area contributed by atoms with Crippen molar-refractivity contribution in [3.63, 3.8) is 0 Å². The van der Waals surface area contributed by atoms with Crippen molar-refractivity contribution in [3.05, 3.63) is 35.6 Å². The Morgan fingerprint density at radius 2 is 1.77 bits per heavy atom. The third kappa shape index (κ3) is 3.61. The van der Waals surface area contributed by atoms with Crippen LogP contribution in [0.3, 0.4) is 0 Å². The summed E-state index contributed by atoms with van der Waals surface area (Å²) in [6, 6.07) is 6.65. The molecule has 1 aromatic carbocycles. The summed E-state index contributed by atoms with van der Waals surface area (Å²) in [5.74, 6) is -0.529. The predicted molar refractivity (Wildman–Crippen MR) is 95.7 cm³/mol. The molecule has 1 aromatic rings. The first-order valence-corrected chi connectivity index (χ1v) is 9.27. The van der Waals surface area contributed by atoms with E-state index in [4.69, 9.17) is 10.5 Å². The van der Waals surface area contributed by atoms with E-state index in [9.17, 15) is 14.0 Å². The number of rotatable bonds is 4. The van der Waals surface area contributed by atoms with Crippen molar-refractivity contribution < 1.29 is 18.7 Å². The maximum atomic E-state index is 14.2. The molecule has 0 aliphatic carbocycles. The normalized spacial score (nSPS) is 22.0. The Hall–Kier alpha value is -1.95. The molecule has 2 heterocycles. The highest BCUT2D eigenvalue weighted by Crippen LogP contribution is 2.39. The summed E-state index contributed by atoms with van der Waals surface area (Å²) >= 11 is 0. The number of primary amides is 1. The number of ether oxygens (including phenoxy) is 1. The van der Waals surface area contributed by atoms with Crippen LogP contribution >= 0.6 is 0 Å². The summed E-state index contributed by atoms with van der Waals surface area (Å²) in [5, 5.41) is 0. The smallest absolute Gasteiger partial charge is 0.229 e. The van der Waals surface area contributed by atoms with E-state index in [2.05, 4.69) is 0 Å². The second-order valence-corrected chi connectivity index (χ2v) is 7.88. The zero-order valence-corrected chi connectivity index (χ0v) is 15.3. The van der Waals surface area contributed by atoms with Crippen molar-refractivity contribution in [1.82, 2.24) is 4.90 Å². The third-order valence-corrected chi connectivity index (χ3v) is 6.14. The molecule has 0 bridgehead atoms. The molecule has 2 amide bonds. The molecule has 142 valence electrons. The molecule has 0 saturated carbocycles. The SMILES string of the molecule is CC1(C(N)=O)CCN(C(=O)C2(Cc3ccccc3F)CCOCC2)CC1. The van der Waals surface area contributed by atoms with E-state index in [1.165, 1.54) is 6.07 Å². The number of halogens is 1. The van der Waals surface area contributed by atoms with Crippen molar-refractivity contribution in [2.75, 3.05) is 26.3 Å². The molecule has 0 spiro atoms. The minimum absolute atomic E-state index is 0.0515. The van der Waals surface area contributed by atoms with Crippen LogP contribution in [0.4, 0.5) is 4.39 Å². The number of nitrogens with two attached hydrogens (primary N) is 1. The van der Waals surface area contributed by atoms with Crippen molar-refractivity contribution in [2.45, 2.75) is 39.0 Å². The van der Waals surface area contributed by atoms with Crippen LogP contribution < -0.4 is 5.73 Å². The van der Waals surface area contributed by atoms with Gasteiger partial charge in [-0.2, -0.15) is 0 Å². The molecule has 2 aliphatic heterocycles. The summed E-state index contributed by atoms with van der Waals surface area (Å²) in [4.78, 5) is 26.9. The van der Waals surface area contributed by atoms with Crippen LogP contribution in [0.5, 0.6) is 0 Å². The van der Waals surface area contributed by atoms with E-state index in [0.29, 0.717) is 64.0 Å². The molecule has 26 heavy (non-hydrogen) atoms. The number of hydrogen-bond acceptors (Lipinski definition) is 3. The lowest BCUT2D eigenvalue weighted by Crippen LogP contribution is -2.53. The molecule has 2 aliphatic rings. The van der Waals surface area contributed by atoms with Gasteiger partial charge in [-0.15, -0.1) is 0 Å². The second kappa shape index (κ2) is 7.35. The van der Waals surface area contributed by atoms with Gasteiger partial charge in [-0.25, -0.2) is 4.39 Å². The quantitative estimate of drug-likeness (QED) is 0.893. The molecule has 0 radical (unpaired) electrons. The fourth-order valence-corrected chi connectivity index (χ4v) is 4.02. The highest BCUT2D eigenvalue weighted by molar-refractivity contribution is 5.84. The standard InChI is InChI=1S/C20H27FN2O3/c1-19(17(22)24)6-10-23(11-7-19)18(25)20(8-12-26-13-9-20)14-15-4-2-3-5-16(15)21/h2-5H,6-14H2,1H3,(H2,22,24). The molecule has 6 heteroatoms. The average molecular weight is 362 g/mol. The van der Waals surface area contributed by atoms with Gasteiger partial charge in [0.25, 0.3) is 0 Å². The Morgan fingerprint density at radius 3 is 2.35 bits per heavy atom. The maximum Gasteiger partial charge on any atom is 0.229 e. The highest BCUT2D eigenvalue weighted by atomic mass is 19.1. The largest absolute Gasteiger partial charge is 0.381 e. The first kappa shape index (κ1) is 18.8. The second-order valence-electron chi connectivity index (χ2n) is 7.88. The van der Waals surface area contributed by atoms with Gasteiger partial charge in [0.2, 0.25) is 11.8 Å². The van der Waals surface area contributed by atoms with Crippen molar-refractivity contribution in [3.8, 4) is 0 Å². The van der Waals surface area contributed by atoms with Crippen LogP contribution in [-0.2, 0) is 20.7 Å². The third-order valence-electron chi connectivity index (χ3n) is 6.14. The van der Waals surface area contributed by atoms with Gasteiger partial charge in [0, 0.05) is 31.7 Å². The lowest BCUT2D eigenvalue weighted by atomic mass is 9.72. The summed E-state index contributed by atoms with van der Waals surface area (Å²) in [6.45, 7) is 3.90. The topological polar surface area (TPSA) is 72.6 Å². The van der Waals surface area contributed by atoms with Gasteiger partial charge >= 0.3 is 0 Å². The Kier molecular flexibility index (Phi) is 5.32. The number of carbonyl (C=O) groups is 2. The maximum absolute atomic E-state index is 14.2. The monoisotopic (exact) mass is 362 g/mol. The molecule has 2 saturated heterocycles. The summed E-state index contributed by atoms with van der Waals surface area (Å²) in [7, 11) is 0. The average Bonchev–Trinajstić information content (AvgIpc) is 2.64. The first-order chi connectivity index (χ1) is 12.4. The number of likely N-dealkylation sites (tertiary alicyclic amines) is 1. The minimum Gasteiger partial charge on any atom is -0.381 e. The van der Waals surface area contributed by atoms with Gasteiger partial charge in [-0.1, -0.05) is 25.1 Å². The van der Waals surface area contributed by atoms with Crippen molar-refractivity contribution in [1.29, 1.82) is 0 Å². The molecule has 0 aromatic heterocycles. The van der Waals surface area contributed by atoms with Crippen molar-refractivity contribution in [2.24, 2.45) is 16.6 Å². The zero-order valence-electron chi connectivity index (χ0n) is 15.3. The number of benzene rings is 1. The summed E-state index contributed by atoms with van der Waals surface area (Å²) < 4.78 is 19.7. The van der Waals surface area contributed by atoms with Gasteiger partial charge < -0.3 is 15.4 Å². The van der Waals surface area contributed by atoms with Gasteiger partial charge in [-0.3, -0.25) is 9.59 Å². The van der Waals surface area contributed by atoms with E-state index in [1.54, 1.807) is 18.2 Å². The highest BCUT2D eigenvalue weighted by Gasteiger charge is 2.45. The molecule has 2 N–H and O–H groups in total. The Bertz CT molecular complexity index is 677. The van der Waals surface area contributed by atoms with Gasteiger partial charge in [0.05, 0.1) is 5.41 Å². The van der Waals surface area contributed by atoms with E-state index in [1.807, 2.05) is 11.8 Å². The van der Waals surface area contributed by atoms with E-state index >= 15 is 0 Å². The van der Waals surface area contributed by atoms with Crippen LogP contribution in [-0.4, -0.2) is 43.0 Å². The van der Waals surface area contributed by atoms with E-state index in [-0.39, 0.29) is 17.6 Å². The molecular weight excluding hydrogens is 335 g/mol. The minimum atomic E-state index is -0.638. The number of amides is 2. The van der Waals surface area contributed by atoms with Gasteiger partial charge in [0.1, 0.15) is 5.82 Å². The molecule has 0 unspecified atom stereocenters. The number of hydrogen-bond donors (Lipinski definition) is 1. The Balaban J connectivity index is 1.79. The summed E-state index contributed by atoms with van der Waals surface area (Å²) in [5.41, 5.74) is 4.89. The fraction of sp³-hybridized carbons (Fsp3) is 0.600. The van der Waals surface area contributed by atoms with Gasteiger partial charge in [0.15, 0.2) is 0 Å². The van der Waals surface area contributed by atoms with Crippen LogP contribution in [0.25, 0.3) is 0 Å². The Morgan fingerprint density at radius 1 is 1.15 bits per heavy atom. The van der Waals surface area contributed by atoms with E-state index < -0.39 is 10.8 Å².